The van der Waals surface area contributed by atoms with Crippen molar-refractivity contribution in [1.29, 1.82) is 0 Å². The number of alkyl halides is 2. The Hall–Kier alpha value is -3.11. The van der Waals surface area contributed by atoms with Gasteiger partial charge >= 0.3 is 6.43 Å². The summed E-state index contributed by atoms with van der Waals surface area (Å²) in [7, 11) is 0. The number of fused-ring (bicyclic) bond motifs is 1. The van der Waals surface area contributed by atoms with Crippen LogP contribution in [0.15, 0.2) is 28.7 Å². The van der Waals surface area contributed by atoms with Crippen molar-refractivity contribution in [1.82, 2.24) is 9.88 Å². The Morgan fingerprint density at radius 3 is 2.43 bits per heavy atom. The van der Waals surface area contributed by atoms with Crippen LogP contribution >= 0.6 is 0 Å². The van der Waals surface area contributed by atoms with Gasteiger partial charge in [0, 0.05) is 19.6 Å². The molecule has 1 fully saturated rings. The monoisotopic (exact) mass is 520 g/mol. The third-order valence-electron chi connectivity index (χ3n) is 6.55. The number of hydrogen-bond donors (Lipinski definition) is 0. The second kappa shape index (κ2) is 12.0. The van der Waals surface area contributed by atoms with Crippen LogP contribution in [-0.4, -0.2) is 61.7 Å². The first-order valence-electron chi connectivity index (χ1n) is 12.3. The van der Waals surface area contributed by atoms with E-state index in [-0.39, 0.29) is 58.9 Å². The van der Waals surface area contributed by atoms with E-state index in [4.69, 9.17) is 18.6 Å². The number of ketones is 1. The summed E-state index contributed by atoms with van der Waals surface area (Å²) in [5, 5.41) is 0. The molecule has 37 heavy (non-hydrogen) atoms. The van der Waals surface area contributed by atoms with E-state index in [1.807, 2.05) is 6.92 Å². The van der Waals surface area contributed by atoms with Crippen LogP contribution in [0.1, 0.15) is 60.0 Å². The first kappa shape index (κ1) is 26.9. The first-order chi connectivity index (χ1) is 17.8. The molecule has 2 heterocycles. The van der Waals surface area contributed by atoms with E-state index < -0.39 is 12.3 Å². The van der Waals surface area contributed by atoms with Gasteiger partial charge in [-0.3, -0.25) is 9.69 Å². The summed E-state index contributed by atoms with van der Waals surface area (Å²) in [6, 6.07) is 6.22. The number of aryl methyl sites for hydroxylation is 1. The summed E-state index contributed by atoms with van der Waals surface area (Å²) < 4.78 is 63.2. The highest BCUT2D eigenvalue weighted by atomic mass is 19.3. The lowest BCUT2D eigenvalue weighted by molar-refractivity contribution is 0.0320. The molecule has 7 nitrogen and oxygen atoms in total. The fourth-order valence-electron chi connectivity index (χ4n) is 4.43. The minimum atomic E-state index is -2.93. The predicted octanol–water partition coefficient (Wildman–Crippen LogP) is 5.70. The fraction of sp³-hybridized carbons (Fsp3) is 0.481. The molecule has 1 saturated heterocycles. The van der Waals surface area contributed by atoms with Crippen LogP contribution in [0.4, 0.5) is 13.2 Å². The number of Topliss-reactive ketones (excluding diaryl/α,β-unsaturated/α-hetero) is 1. The maximum absolute atomic E-state index is 13.5. The number of hydrogen-bond acceptors (Lipinski definition) is 7. The molecule has 1 atom stereocenters. The first-order valence-corrected chi connectivity index (χ1v) is 12.3. The standard InChI is InChI=1S/C27H31F3N2O5/c1-16(19-4-6-20(28)7-5-19)8-12-35-25-23(36-15-11-32-9-13-34-14-10-32)21(18(3)33)17(2)22-24(25)37-27(31-22)26(29)30/h4-7,16,26H,8-15H2,1-3H3. The van der Waals surface area contributed by atoms with Gasteiger partial charge in [0.2, 0.25) is 11.3 Å². The average molecular weight is 521 g/mol. The Balaban J connectivity index is 1.63. The number of rotatable bonds is 11. The molecule has 200 valence electrons. The number of nitrogens with zero attached hydrogens (tertiary/aromatic N) is 2. The van der Waals surface area contributed by atoms with E-state index >= 15 is 0 Å². The lowest BCUT2D eigenvalue weighted by atomic mass is 9.98. The summed E-state index contributed by atoms with van der Waals surface area (Å²) in [5.74, 6) is -1.08. The second-order valence-corrected chi connectivity index (χ2v) is 9.14. The second-order valence-electron chi connectivity index (χ2n) is 9.14. The summed E-state index contributed by atoms with van der Waals surface area (Å²) >= 11 is 0. The fourth-order valence-corrected chi connectivity index (χ4v) is 4.43. The molecule has 0 N–H and O–H groups in total. The Labute approximate surface area is 213 Å². The molecule has 10 heteroatoms. The molecule has 0 radical (unpaired) electrons. The lowest BCUT2D eigenvalue weighted by Gasteiger charge is -2.26. The molecular formula is C27H31F3N2O5. The molecule has 4 rings (SSSR count). The van der Waals surface area contributed by atoms with Gasteiger partial charge in [-0.15, -0.1) is 0 Å². The topological polar surface area (TPSA) is 74.0 Å². The smallest absolute Gasteiger partial charge is 0.313 e. The number of carbonyl (C=O) groups is 1. The van der Waals surface area contributed by atoms with Crippen molar-refractivity contribution >= 4 is 16.9 Å². The molecule has 0 spiro atoms. The zero-order valence-electron chi connectivity index (χ0n) is 21.2. The van der Waals surface area contributed by atoms with E-state index in [9.17, 15) is 18.0 Å². The van der Waals surface area contributed by atoms with Gasteiger partial charge in [0.25, 0.3) is 5.89 Å². The van der Waals surface area contributed by atoms with Gasteiger partial charge < -0.3 is 18.6 Å². The van der Waals surface area contributed by atoms with Crippen molar-refractivity contribution in [3.8, 4) is 11.5 Å². The van der Waals surface area contributed by atoms with Gasteiger partial charge in [-0.05, 0) is 49.4 Å². The minimum Gasteiger partial charge on any atom is -0.487 e. The number of benzene rings is 2. The SMILES string of the molecule is CC(=O)c1c(OCCN2CCOCC2)c(OCCC(C)c2ccc(F)cc2)c2oc(C(F)F)nc2c1C. The van der Waals surface area contributed by atoms with E-state index in [1.54, 1.807) is 19.1 Å². The van der Waals surface area contributed by atoms with E-state index in [2.05, 4.69) is 9.88 Å². The third-order valence-corrected chi connectivity index (χ3v) is 6.55. The van der Waals surface area contributed by atoms with Crippen molar-refractivity contribution < 1.29 is 36.6 Å². The van der Waals surface area contributed by atoms with Gasteiger partial charge in [-0.2, -0.15) is 8.78 Å². The Kier molecular flexibility index (Phi) is 8.71. The van der Waals surface area contributed by atoms with E-state index in [0.717, 1.165) is 18.7 Å². The number of carbonyl (C=O) groups excluding carboxylic acids is 1. The van der Waals surface area contributed by atoms with Gasteiger partial charge in [0.15, 0.2) is 11.5 Å². The molecule has 0 saturated carbocycles. The maximum atomic E-state index is 13.5. The highest BCUT2D eigenvalue weighted by Crippen LogP contribution is 2.43. The Bertz CT molecular complexity index is 1220. The quantitative estimate of drug-likeness (QED) is 0.300. The molecule has 1 aliphatic heterocycles. The summed E-state index contributed by atoms with van der Waals surface area (Å²) in [4.78, 5) is 18.8. The molecule has 0 amide bonds. The zero-order chi connectivity index (χ0) is 26.5. The molecule has 0 bridgehead atoms. The van der Waals surface area contributed by atoms with Crippen LogP contribution < -0.4 is 9.47 Å². The van der Waals surface area contributed by atoms with Crippen molar-refractivity contribution in [2.45, 2.75) is 39.5 Å². The van der Waals surface area contributed by atoms with Crippen molar-refractivity contribution in [2.75, 3.05) is 46.1 Å². The summed E-state index contributed by atoms with van der Waals surface area (Å²) in [6.07, 6.45) is -2.39. The van der Waals surface area contributed by atoms with Gasteiger partial charge in [0.05, 0.1) is 25.4 Å². The van der Waals surface area contributed by atoms with Gasteiger partial charge in [-0.1, -0.05) is 19.1 Å². The number of ether oxygens (including phenoxy) is 3. The molecule has 2 aromatic carbocycles. The van der Waals surface area contributed by atoms with Crippen molar-refractivity contribution in [3.05, 3.63) is 52.7 Å². The van der Waals surface area contributed by atoms with Gasteiger partial charge in [-0.25, -0.2) is 9.37 Å². The molecule has 3 aromatic rings. The Morgan fingerprint density at radius 1 is 1.11 bits per heavy atom. The molecular weight excluding hydrogens is 489 g/mol. The largest absolute Gasteiger partial charge is 0.487 e. The molecule has 1 aromatic heterocycles. The Morgan fingerprint density at radius 2 is 1.78 bits per heavy atom. The normalized spacial score (nSPS) is 15.3. The highest BCUT2D eigenvalue weighted by molar-refractivity contribution is 6.05. The minimum absolute atomic E-state index is 0.0219. The number of aromatic nitrogens is 1. The van der Waals surface area contributed by atoms with Crippen LogP contribution in [0.2, 0.25) is 0 Å². The van der Waals surface area contributed by atoms with E-state index in [0.29, 0.717) is 31.7 Å². The number of morpholine rings is 1. The predicted molar refractivity (Wildman–Crippen MR) is 131 cm³/mol. The lowest BCUT2D eigenvalue weighted by Crippen LogP contribution is -2.38. The van der Waals surface area contributed by atoms with Crippen LogP contribution in [0.3, 0.4) is 0 Å². The van der Waals surface area contributed by atoms with Gasteiger partial charge in [0.1, 0.15) is 17.9 Å². The van der Waals surface area contributed by atoms with Crippen LogP contribution in [0, 0.1) is 12.7 Å². The zero-order valence-corrected chi connectivity index (χ0v) is 21.2. The molecule has 1 aliphatic rings. The summed E-state index contributed by atoms with van der Waals surface area (Å²) in [5.41, 5.74) is 1.72. The van der Waals surface area contributed by atoms with E-state index in [1.165, 1.54) is 19.1 Å². The number of halogens is 3. The average Bonchev–Trinajstić information content (AvgIpc) is 3.33. The number of oxazole rings is 1. The third kappa shape index (κ3) is 6.24. The molecule has 1 unspecified atom stereocenters. The van der Waals surface area contributed by atoms with Crippen LogP contribution in [-0.2, 0) is 4.74 Å². The van der Waals surface area contributed by atoms with Crippen LogP contribution in [0.5, 0.6) is 11.5 Å². The maximum Gasteiger partial charge on any atom is 0.313 e. The van der Waals surface area contributed by atoms with Crippen molar-refractivity contribution in [2.24, 2.45) is 0 Å². The van der Waals surface area contributed by atoms with Crippen molar-refractivity contribution in [3.63, 3.8) is 0 Å². The van der Waals surface area contributed by atoms with Crippen LogP contribution in [0.25, 0.3) is 11.1 Å². The molecule has 0 aliphatic carbocycles. The summed E-state index contributed by atoms with van der Waals surface area (Å²) in [6.45, 7) is 8.84. The highest BCUT2D eigenvalue weighted by Gasteiger charge is 2.29.